The second-order valence-corrected chi connectivity index (χ2v) is 12.7. The maximum Gasteiger partial charge on any atom is 0.295 e. The van der Waals surface area contributed by atoms with Crippen LogP contribution in [0.2, 0.25) is 0 Å². The molecule has 14 heteroatoms. The van der Waals surface area contributed by atoms with Gasteiger partial charge in [-0.2, -0.15) is 16.8 Å². The highest BCUT2D eigenvalue weighted by molar-refractivity contribution is 7.86. The van der Waals surface area contributed by atoms with E-state index in [1.165, 1.54) is 6.07 Å². The molecule has 3 rings (SSSR count). The molecule has 1 aliphatic rings. The van der Waals surface area contributed by atoms with Gasteiger partial charge in [0.05, 0.1) is 18.1 Å². The molecule has 0 amide bonds. The van der Waals surface area contributed by atoms with Crippen molar-refractivity contribution in [1.82, 2.24) is 0 Å². The minimum Gasteiger partial charge on any atom is -0.395 e. The normalized spacial score (nSPS) is 15.0. The second-order valence-electron chi connectivity index (χ2n) is 9.85. The summed E-state index contributed by atoms with van der Waals surface area (Å²) in [5, 5.41) is 37.9. The van der Waals surface area contributed by atoms with Gasteiger partial charge in [-0.05, 0) is 72.0 Å². The van der Waals surface area contributed by atoms with Gasteiger partial charge in [0.2, 0.25) is 0 Å². The van der Waals surface area contributed by atoms with Crippen molar-refractivity contribution in [1.29, 1.82) is 0 Å². The monoisotopic (exact) mass is 637 g/mol. The van der Waals surface area contributed by atoms with E-state index in [9.17, 15) is 46.4 Å². The number of aliphatic hydroxyl groups is 4. The summed E-state index contributed by atoms with van der Waals surface area (Å²) in [4.78, 5) is 0.335. The maximum atomic E-state index is 12.6. The second kappa shape index (κ2) is 14.5. The van der Waals surface area contributed by atoms with Crippen molar-refractivity contribution in [3.05, 3.63) is 82.5 Å². The lowest BCUT2D eigenvalue weighted by atomic mass is 9.85. The molecule has 0 saturated carbocycles. The van der Waals surface area contributed by atoms with E-state index in [-0.39, 0.29) is 58.2 Å². The average molecular weight is 638 g/mol. The molecule has 0 heterocycles. The summed E-state index contributed by atoms with van der Waals surface area (Å²) in [6.07, 6.45) is 5.26. The molecule has 1 aliphatic carbocycles. The Bertz CT molecular complexity index is 1680. The average Bonchev–Trinajstić information content (AvgIpc) is 2.93. The minimum atomic E-state index is -5.00. The minimum absolute atomic E-state index is 0.0215. The highest BCUT2D eigenvalue weighted by Crippen LogP contribution is 2.39. The third-order valence-corrected chi connectivity index (χ3v) is 8.71. The van der Waals surface area contributed by atoms with Gasteiger partial charge in [0.25, 0.3) is 20.2 Å². The van der Waals surface area contributed by atoms with Crippen LogP contribution >= 0.6 is 0 Å². The Morgan fingerprint density at radius 3 is 1.86 bits per heavy atom. The van der Waals surface area contributed by atoms with E-state index in [4.69, 9.17) is 0 Å². The van der Waals surface area contributed by atoms with Crippen LogP contribution < -0.4 is 4.90 Å². The molecule has 2 aromatic rings. The molecule has 0 radical (unpaired) electrons. The van der Waals surface area contributed by atoms with Gasteiger partial charge in [-0.1, -0.05) is 12.1 Å². The molecule has 12 nitrogen and oxygen atoms in total. The molecule has 0 unspecified atom stereocenters. The number of benzene rings is 2. The number of hydrogen-bond donors (Lipinski definition) is 6. The molecule has 0 bridgehead atoms. The summed E-state index contributed by atoms with van der Waals surface area (Å²) in [5.74, 6) is 0. The molecule has 0 aliphatic heterocycles. The number of aliphatic hydroxyl groups excluding tert-OH is 4. The zero-order valence-electron chi connectivity index (χ0n) is 23.9. The summed E-state index contributed by atoms with van der Waals surface area (Å²) in [5.41, 5.74) is 4.12. The van der Waals surface area contributed by atoms with Gasteiger partial charge >= 0.3 is 0 Å². The van der Waals surface area contributed by atoms with Gasteiger partial charge in [0, 0.05) is 36.5 Å². The Hall–Kier alpha value is -3.21. The summed E-state index contributed by atoms with van der Waals surface area (Å²) in [7, 11) is -9.80. The number of anilines is 1. The van der Waals surface area contributed by atoms with Crippen LogP contribution in [0, 0.1) is 6.92 Å². The molecular formula is C29H37N2O10S2+. The molecule has 0 aromatic heterocycles. The maximum absolute atomic E-state index is 12.6. The standard InChI is InChI=1S/C29H36N2O10S2/c1-20-17-22(30(9-13-32)10-14-33)3-6-25(20)29(26-7-4-23(18-21(26)2)31(11-15-34)12-16-35)27-8-5-24(42(36,37)38)19-28(27)43(39,40)41/h3-8,17-19,32-35H,9-16H2,1-2H3,(H-,36,37,38,39,40,41)/p+1. The summed E-state index contributed by atoms with van der Waals surface area (Å²) >= 11 is 0. The fraction of sp³-hybridized carbons (Fsp3) is 0.345. The fourth-order valence-electron chi connectivity index (χ4n) is 4.99. The molecule has 43 heavy (non-hydrogen) atoms. The topological polar surface area (TPSA) is 196 Å². The van der Waals surface area contributed by atoms with E-state index in [1.807, 2.05) is 0 Å². The van der Waals surface area contributed by atoms with Crippen LogP contribution in [0.5, 0.6) is 0 Å². The van der Waals surface area contributed by atoms with Crippen LogP contribution in [0.25, 0.3) is 5.57 Å². The van der Waals surface area contributed by atoms with E-state index < -0.39 is 30.0 Å². The fourth-order valence-corrected chi connectivity index (χ4v) is 6.30. The third kappa shape index (κ3) is 8.25. The summed E-state index contributed by atoms with van der Waals surface area (Å²) < 4.78 is 70.4. The zero-order chi connectivity index (χ0) is 31.9. The lowest BCUT2D eigenvalue weighted by molar-refractivity contribution is -0.530. The number of rotatable bonds is 13. The molecule has 0 fully saturated rings. The molecule has 234 valence electrons. The number of nitrogens with zero attached hydrogens (tertiary/aromatic N) is 2. The number of aryl methyl sites for hydroxylation is 1. The van der Waals surface area contributed by atoms with Crippen LogP contribution in [-0.4, -0.2) is 109 Å². The molecule has 2 aromatic carbocycles. The van der Waals surface area contributed by atoms with Crippen molar-refractivity contribution in [3.63, 3.8) is 0 Å². The van der Waals surface area contributed by atoms with Crippen LogP contribution in [-0.2, 0) is 20.2 Å². The Kier molecular flexibility index (Phi) is 11.6. The van der Waals surface area contributed by atoms with Crippen molar-refractivity contribution in [2.75, 3.05) is 57.5 Å². The Labute approximate surface area is 251 Å². The highest BCUT2D eigenvalue weighted by atomic mass is 32.2. The van der Waals surface area contributed by atoms with Gasteiger partial charge in [-0.15, -0.1) is 0 Å². The molecular weight excluding hydrogens is 600 g/mol. The highest BCUT2D eigenvalue weighted by Gasteiger charge is 2.27. The van der Waals surface area contributed by atoms with Crippen molar-refractivity contribution in [3.8, 4) is 0 Å². The largest absolute Gasteiger partial charge is 0.395 e. The number of hydrogen-bond acceptors (Lipinski definition) is 9. The lowest BCUT2D eigenvalue weighted by Gasteiger charge is -2.25. The summed E-state index contributed by atoms with van der Waals surface area (Å²) in [6, 6.07) is 8.21. The first kappa shape index (κ1) is 34.3. The van der Waals surface area contributed by atoms with Crippen molar-refractivity contribution in [2.45, 2.75) is 23.6 Å². The van der Waals surface area contributed by atoms with E-state index in [0.717, 1.165) is 6.07 Å². The van der Waals surface area contributed by atoms with Gasteiger partial charge in [0.1, 0.15) is 18.1 Å². The van der Waals surface area contributed by atoms with E-state index in [0.29, 0.717) is 45.3 Å². The SMILES string of the molecule is CC1=CC(=[N+](CCO)CCO)C=C/C1=C(\c1ccc(N(CCO)CCO)cc1C)c1ccc(S(=O)(=O)O)cc1S(=O)(=O)O. The number of allylic oxidation sites excluding steroid dienone is 5. The first-order valence-electron chi connectivity index (χ1n) is 13.4. The van der Waals surface area contributed by atoms with Crippen LogP contribution in [0.3, 0.4) is 0 Å². The van der Waals surface area contributed by atoms with E-state index in [2.05, 4.69) is 0 Å². The predicted molar refractivity (Wildman–Crippen MR) is 162 cm³/mol. The van der Waals surface area contributed by atoms with Crippen molar-refractivity contribution in [2.24, 2.45) is 0 Å². The molecule has 6 N–H and O–H groups in total. The Morgan fingerprint density at radius 2 is 1.37 bits per heavy atom. The van der Waals surface area contributed by atoms with Gasteiger partial charge in [0.15, 0.2) is 18.8 Å². The lowest BCUT2D eigenvalue weighted by Crippen LogP contribution is -2.29. The quantitative estimate of drug-likeness (QED) is 0.136. The molecule has 0 spiro atoms. The Balaban J connectivity index is 2.41. The first-order valence-corrected chi connectivity index (χ1v) is 16.3. The Morgan fingerprint density at radius 1 is 0.767 bits per heavy atom. The van der Waals surface area contributed by atoms with E-state index >= 15 is 0 Å². The van der Waals surface area contributed by atoms with Crippen molar-refractivity contribution < 1.29 is 50.9 Å². The summed E-state index contributed by atoms with van der Waals surface area (Å²) in [6.45, 7) is 4.02. The van der Waals surface area contributed by atoms with Crippen molar-refractivity contribution >= 4 is 37.2 Å². The predicted octanol–water partition coefficient (Wildman–Crippen LogP) is 1.04. The van der Waals surface area contributed by atoms with Gasteiger partial charge < -0.3 is 25.3 Å². The zero-order valence-corrected chi connectivity index (χ0v) is 25.5. The van der Waals surface area contributed by atoms with Crippen LogP contribution in [0.4, 0.5) is 5.69 Å². The third-order valence-electron chi connectivity index (χ3n) is 6.97. The molecule has 0 saturated heterocycles. The van der Waals surface area contributed by atoms with Crippen LogP contribution in [0.15, 0.2) is 75.6 Å². The molecule has 0 atom stereocenters. The van der Waals surface area contributed by atoms with Gasteiger partial charge in [-0.25, -0.2) is 4.58 Å². The van der Waals surface area contributed by atoms with E-state index in [1.54, 1.807) is 59.8 Å². The van der Waals surface area contributed by atoms with Gasteiger partial charge in [-0.3, -0.25) is 9.11 Å². The smallest absolute Gasteiger partial charge is 0.295 e. The first-order chi connectivity index (χ1) is 20.3. The van der Waals surface area contributed by atoms with Crippen LogP contribution in [0.1, 0.15) is 23.6 Å².